The number of nitrogens with one attached hydrogen (secondary N) is 1. The van der Waals surface area contributed by atoms with Crippen molar-refractivity contribution in [3.8, 4) is 11.5 Å². The monoisotopic (exact) mass is 553 g/mol. The minimum atomic E-state index is 0. The van der Waals surface area contributed by atoms with Gasteiger partial charge in [-0.15, -0.1) is 12.4 Å². The Hall–Kier alpha value is -1.04. The molecule has 1 N–H and O–H groups in total. The van der Waals surface area contributed by atoms with Crippen LogP contribution in [-0.4, -0.2) is 13.7 Å². The molecular formula is C23H21Cl6NO2. The first-order chi connectivity index (χ1) is 14.9. The van der Waals surface area contributed by atoms with Crippen LogP contribution in [0.2, 0.25) is 25.1 Å². The van der Waals surface area contributed by atoms with Gasteiger partial charge >= 0.3 is 0 Å². The van der Waals surface area contributed by atoms with Gasteiger partial charge < -0.3 is 14.8 Å². The van der Waals surface area contributed by atoms with Crippen molar-refractivity contribution in [3.63, 3.8) is 0 Å². The Labute approximate surface area is 219 Å². The predicted molar refractivity (Wildman–Crippen MR) is 138 cm³/mol. The zero-order chi connectivity index (χ0) is 22.4. The van der Waals surface area contributed by atoms with Crippen LogP contribution in [-0.2, 0) is 19.6 Å². The van der Waals surface area contributed by atoms with Gasteiger partial charge in [0.15, 0.2) is 11.5 Å². The molecule has 9 heteroatoms. The average Bonchev–Trinajstić information content (AvgIpc) is 2.72. The molecule has 0 bridgehead atoms. The van der Waals surface area contributed by atoms with E-state index in [0.29, 0.717) is 43.2 Å². The molecule has 0 aliphatic heterocycles. The fourth-order valence-corrected chi connectivity index (χ4v) is 4.24. The molecule has 0 aliphatic carbocycles. The van der Waals surface area contributed by atoms with Crippen molar-refractivity contribution >= 4 is 70.4 Å². The summed E-state index contributed by atoms with van der Waals surface area (Å²) >= 11 is 30.8. The summed E-state index contributed by atoms with van der Waals surface area (Å²) in [7, 11) is 1.58. The van der Waals surface area contributed by atoms with Gasteiger partial charge in [0.2, 0.25) is 0 Å². The van der Waals surface area contributed by atoms with Gasteiger partial charge in [0.1, 0.15) is 6.61 Å². The van der Waals surface area contributed by atoms with Crippen LogP contribution < -0.4 is 14.8 Å². The quantitative estimate of drug-likeness (QED) is 0.269. The van der Waals surface area contributed by atoms with Crippen molar-refractivity contribution in [2.24, 2.45) is 0 Å². The van der Waals surface area contributed by atoms with Gasteiger partial charge in [-0.25, -0.2) is 0 Å². The Morgan fingerprint density at radius 1 is 0.781 bits per heavy atom. The number of hydrogen-bond acceptors (Lipinski definition) is 3. The minimum Gasteiger partial charge on any atom is -0.493 e. The predicted octanol–water partition coefficient (Wildman–Crippen LogP) is 8.30. The highest BCUT2D eigenvalue weighted by atomic mass is 35.5. The van der Waals surface area contributed by atoms with Crippen LogP contribution in [0.15, 0.2) is 48.5 Å². The van der Waals surface area contributed by atoms with E-state index in [9.17, 15) is 0 Å². The molecule has 32 heavy (non-hydrogen) atoms. The third kappa shape index (κ3) is 7.50. The largest absolute Gasteiger partial charge is 0.493 e. The summed E-state index contributed by atoms with van der Waals surface area (Å²) < 4.78 is 11.4. The molecule has 0 aromatic heterocycles. The zero-order valence-electron chi connectivity index (χ0n) is 17.1. The van der Waals surface area contributed by atoms with Crippen LogP contribution >= 0.6 is 70.4 Å². The number of methoxy groups -OCH3 is 1. The number of ether oxygens (including phenoxy) is 2. The van der Waals surface area contributed by atoms with Gasteiger partial charge in [0.25, 0.3) is 0 Å². The first-order valence-corrected chi connectivity index (χ1v) is 11.3. The van der Waals surface area contributed by atoms with Gasteiger partial charge in [0.05, 0.1) is 12.1 Å². The topological polar surface area (TPSA) is 30.5 Å². The number of benzene rings is 3. The lowest BCUT2D eigenvalue weighted by Crippen LogP contribution is -2.17. The summed E-state index contributed by atoms with van der Waals surface area (Å²) in [5, 5.41) is 6.24. The van der Waals surface area contributed by atoms with Gasteiger partial charge in [-0.3, -0.25) is 0 Å². The van der Waals surface area contributed by atoms with Crippen LogP contribution in [0.3, 0.4) is 0 Å². The molecule has 0 spiro atoms. The maximum Gasteiger partial charge on any atom is 0.180 e. The summed E-state index contributed by atoms with van der Waals surface area (Å²) in [4.78, 5) is 0. The number of halogens is 6. The highest BCUT2D eigenvalue weighted by molar-refractivity contribution is 6.35. The Balaban J connectivity index is 0.00000363. The fourth-order valence-electron chi connectivity index (χ4n) is 2.98. The van der Waals surface area contributed by atoms with E-state index in [4.69, 9.17) is 67.5 Å². The average molecular weight is 556 g/mol. The van der Waals surface area contributed by atoms with Crippen LogP contribution in [0.5, 0.6) is 11.5 Å². The van der Waals surface area contributed by atoms with Crippen LogP contribution in [0.4, 0.5) is 0 Å². The summed E-state index contributed by atoms with van der Waals surface area (Å²) in [5.41, 5.74) is 2.82. The molecule has 0 atom stereocenters. The molecule has 0 aliphatic rings. The van der Waals surface area contributed by atoms with Crippen LogP contribution in [0, 0.1) is 0 Å². The fraction of sp³-hybridized carbons (Fsp3) is 0.217. The number of rotatable bonds is 9. The van der Waals surface area contributed by atoms with Gasteiger partial charge in [-0.2, -0.15) is 0 Å². The van der Waals surface area contributed by atoms with E-state index in [1.54, 1.807) is 25.3 Å². The molecule has 0 radical (unpaired) electrons. The van der Waals surface area contributed by atoms with E-state index in [1.807, 2.05) is 30.3 Å². The molecule has 3 rings (SSSR count). The first kappa shape index (κ1) is 27.2. The van der Waals surface area contributed by atoms with E-state index >= 15 is 0 Å². The zero-order valence-corrected chi connectivity index (χ0v) is 21.7. The van der Waals surface area contributed by atoms with Crippen LogP contribution in [0.1, 0.15) is 16.7 Å². The molecular weight excluding hydrogens is 535 g/mol. The van der Waals surface area contributed by atoms with Gasteiger partial charge in [-0.1, -0.05) is 70.1 Å². The number of hydrogen-bond donors (Lipinski definition) is 1. The Kier molecular flexibility index (Phi) is 11.1. The highest BCUT2D eigenvalue weighted by Crippen LogP contribution is 2.37. The highest BCUT2D eigenvalue weighted by Gasteiger charge is 2.13. The van der Waals surface area contributed by atoms with Crippen LogP contribution in [0.25, 0.3) is 0 Å². The van der Waals surface area contributed by atoms with Gasteiger partial charge in [-0.05, 0) is 60.5 Å². The Morgan fingerprint density at radius 2 is 1.41 bits per heavy atom. The smallest absolute Gasteiger partial charge is 0.180 e. The lowest BCUT2D eigenvalue weighted by Gasteiger charge is -2.15. The van der Waals surface area contributed by atoms with Crippen molar-refractivity contribution in [1.82, 2.24) is 5.32 Å². The summed E-state index contributed by atoms with van der Waals surface area (Å²) in [6.07, 6.45) is 0.782. The lowest BCUT2D eigenvalue weighted by atomic mass is 10.1. The third-order valence-electron chi connectivity index (χ3n) is 4.59. The van der Waals surface area contributed by atoms with E-state index in [1.165, 1.54) is 0 Å². The second kappa shape index (κ2) is 13.0. The molecule has 0 unspecified atom stereocenters. The van der Waals surface area contributed by atoms with Crippen molar-refractivity contribution in [3.05, 3.63) is 90.3 Å². The first-order valence-electron chi connectivity index (χ1n) is 9.45. The minimum absolute atomic E-state index is 0. The molecule has 3 nitrogen and oxygen atoms in total. The second-order valence-corrected chi connectivity index (χ2v) is 8.89. The van der Waals surface area contributed by atoms with E-state index in [-0.39, 0.29) is 19.0 Å². The molecule has 0 amide bonds. The summed E-state index contributed by atoms with van der Waals surface area (Å²) in [6.45, 7) is 1.60. The molecule has 172 valence electrons. The molecule has 3 aromatic rings. The van der Waals surface area contributed by atoms with Crippen molar-refractivity contribution in [2.75, 3.05) is 13.7 Å². The second-order valence-electron chi connectivity index (χ2n) is 6.80. The molecule has 3 aromatic carbocycles. The van der Waals surface area contributed by atoms with E-state index in [2.05, 4.69) is 5.32 Å². The Bertz CT molecular complexity index is 1060. The molecule has 0 saturated heterocycles. The van der Waals surface area contributed by atoms with Crippen molar-refractivity contribution in [2.45, 2.75) is 19.6 Å². The SMILES string of the molecule is COc1cc(CNCCc2ccc(Cl)cc2Cl)cc(Cl)c1OCc1ccc(Cl)cc1Cl.Cl. The summed E-state index contributed by atoms with van der Waals surface area (Å²) in [6, 6.07) is 14.5. The van der Waals surface area contributed by atoms with E-state index in [0.717, 1.165) is 29.7 Å². The van der Waals surface area contributed by atoms with E-state index < -0.39 is 0 Å². The third-order valence-corrected chi connectivity index (χ3v) is 6.05. The van der Waals surface area contributed by atoms with Crippen molar-refractivity contribution in [1.29, 1.82) is 0 Å². The maximum atomic E-state index is 6.47. The lowest BCUT2D eigenvalue weighted by molar-refractivity contribution is 0.284. The molecule has 0 fully saturated rings. The normalized spacial score (nSPS) is 10.6. The Morgan fingerprint density at radius 3 is 2.00 bits per heavy atom. The summed E-state index contributed by atoms with van der Waals surface area (Å²) in [5.74, 6) is 1.02. The molecule has 0 heterocycles. The molecule has 0 saturated carbocycles. The maximum absolute atomic E-state index is 6.47. The standard InChI is InChI=1S/C23H20Cl5NO2.ClH/c1-30-22-9-14(12-29-7-6-15-2-4-17(24)10-19(15)26)8-21(28)23(22)31-13-16-3-5-18(25)11-20(16)27;/h2-5,8-11,29H,6-7,12-13H2,1H3;1H. The van der Waals surface area contributed by atoms with Gasteiger partial charge in [0, 0.05) is 32.2 Å². The van der Waals surface area contributed by atoms with Crippen molar-refractivity contribution < 1.29 is 9.47 Å².